The zero-order valence-electron chi connectivity index (χ0n) is 14.1. The van der Waals surface area contributed by atoms with Gasteiger partial charge in [-0.05, 0) is 37.5 Å². The van der Waals surface area contributed by atoms with E-state index in [1.54, 1.807) is 11.9 Å². The molecule has 1 aliphatic heterocycles. The summed E-state index contributed by atoms with van der Waals surface area (Å²) in [5, 5.41) is 3.24. The summed E-state index contributed by atoms with van der Waals surface area (Å²) in [6.45, 7) is 0.444. The molecular weight excluding hydrogens is 292 g/mol. The molecule has 3 aliphatic carbocycles. The molecule has 5 nitrogen and oxygen atoms in total. The SMILES string of the molecule is CN1C(=O)OCC12CC(C(=O)NC1CC(C3CCCCC3)C1)C2. The minimum Gasteiger partial charge on any atom is -0.447 e. The number of likely N-dealkylation sites (N-methyl/N-ethyl adjacent to an activating group) is 1. The lowest BCUT2D eigenvalue weighted by Gasteiger charge is -2.47. The summed E-state index contributed by atoms with van der Waals surface area (Å²) in [6, 6.07) is 0.394. The Morgan fingerprint density at radius 3 is 2.48 bits per heavy atom. The number of nitrogens with zero attached hydrogens (tertiary/aromatic N) is 1. The van der Waals surface area contributed by atoms with Crippen LogP contribution in [0.4, 0.5) is 4.79 Å². The van der Waals surface area contributed by atoms with Crippen LogP contribution >= 0.6 is 0 Å². The summed E-state index contributed by atoms with van der Waals surface area (Å²) < 4.78 is 5.10. The van der Waals surface area contributed by atoms with Gasteiger partial charge in [-0.1, -0.05) is 32.1 Å². The van der Waals surface area contributed by atoms with Gasteiger partial charge in [0.05, 0.1) is 5.54 Å². The Morgan fingerprint density at radius 2 is 1.87 bits per heavy atom. The number of ether oxygens (including phenoxy) is 1. The second-order valence-electron chi connectivity index (χ2n) is 8.28. The normalized spacial score (nSPS) is 40.5. The van der Waals surface area contributed by atoms with E-state index in [1.165, 1.54) is 44.9 Å². The topological polar surface area (TPSA) is 58.6 Å². The molecular formula is C18H28N2O3. The maximum Gasteiger partial charge on any atom is 0.410 e. The molecule has 1 saturated heterocycles. The van der Waals surface area contributed by atoms with Crippen molar-refractivity contribution in [2.75, 3.05) is 13.7 Å². The molecule has 5 heteroatoms. The molecule has 3 saturated carbocycles. The van der Waals surface area contributed by atoms with Crippen molar-refractivity contribution >= 4 is 12.0 Å². The summed E-state index contributed by atoms with van der Waals surface area (Å²) in [7, 11) is 1.78. The van der Waals surface area contributed by atoms with Crippen LogP contribution in [0.1, 0.15) is 57.8 Å². The van der Waals surface area contributed by atoms with Crippen molar-refractivity contribution in [3.63, 3.8) is 0 Å². The van der Waals surface area contributed by atoms with Crippen molar-refractivity contribution < 1.29 is 14.3 Å². The number of carbonyl (C=O) groups excluding carboxylic acids is 2. The van der Waals surface area contributed by atoms with E-state index in [9.17, 15) is 9.59 Å². The highest BCUT2D eigenvalue weighted by molar-refractivity contribution is 5.81. The van der Waals surface area contributed by atoms with Crippen LogP contribution in [0.25, 0.3) is 0 Å². The van der Waals surface area contributed by atoms with Gasteiger partial charge in [-0.15, -0.1) is 0 Å². The standard InChI is InChI=1S/C18H28N2O3/c1-20-17(22)23-11-18(20)9-14(10-18)16(21)19-15-7-13(8-15)12-5-3-2-4-6-12/h12-15H,2-11H2,1H3,(H,19,21). The lowest BCUT2D eigenvalue weighted by Crippen LogP contribution is -2.59. The third-order valence-corrected chi connectivity index (χ3v) is 6.91. The Morgan fingerprint density at radius 1 is 1.17 bits per heavy atom. The number of hydrogen-bond acceptors (Lipinski definition) is 3. The van der Waals surface area contributed by atoms with E-state index in [4.69, 9.17) is 4.74 Å². The van der Waals surface area contributed by atoms with E-state index in [-0.39, 0.29) is 23.5 Å². The van der Waals surface area contributed by atoms with E-state index in [2.05, 4.69) is 5.32 Å². The molecule has 0 unspecified atom stereocenters. The van der Waals surface area contributed by atoms with Gasteiger partial charge in [-0.25, -0.2) is 4.79 Å². The Kier molecular flexibility index (Phi) is 3.77. The Balaban J connectivity index is 1.20. The Hall–Kier alpha value is -1.26. The summed E-state index contributed by atoms with van der Waals surface area (Å²) >= 11 is 0. The third-order valence-electron chi connectivity index (χ3n) is 6.91. The molecule has 0 aromatic carbocycles. The summed E-state index contributed by atoms with van der Waals surface area (Å²) in [4.78, 5) is 25.5. The fourth-order valence-corrected chi connectivity index (χ4v) is 5.11. The van der Waals surface area contributed by atoms with Crippen LogP contribution in [0.3, 0.4) is 0 Å². The fourth-order valence-electron chi connectivity index (χ4n) is 5.11. The van der Waals surface area contributed by atoms with Crippen LogP contribution in [0, 0.1) is 17.8 Å². The van der Waals surface area contributed by atoms with Gasteiger partial charge in [0.15, 0.2) is 0 Å². The molecule has 1 heterocycles. The van der Waals surface area contributed by atoms with Crippen LogP contribution in [-0.2, 0) is 9.53 Å². The van der Waals surface area contributed by atoms with E-state index >= 15 is 0 Å². The minimum absolute atomic E-state index is 0.0562. The molecule has 0 aromatic heterocycles. The molecule has 4 rings (SSSR count). The van der Waals surface area contributed by atoms with Crippen LogP contribution in [0.15, 0.2) is 0 Å². The zero-order chi connectivity index (χ0) is 16.0. The number of carbonyl (C=O) groups is 2. The molecule has 0 atom stereocenters. The molecule has 23 heavy (non-hydrogen) atoms. The van der Waals surface area contributed by atoms with Crippen LogP contribution in [-0.4, -0.2) is 42.1 Å². The van der Waals surface area contributed by atoms with Crippen molar-refractivity contribution in [3.05, 3.63) is 0 Å². The average Bonchev–Trinajstić information content (AvgIpc) is 2.78. The minimum atomic E-state index is -0.252. The smallest absolute Gasteiger partial charge is 0.410 e. The average molecular weight is 320 g/mol. The monoisotopic (exact) mass is 320 g/mol. The largest absolute Gasteiger partial charge is 0.447 e. The first kappa shape index (κ1) is 15.3. The highest BCUT2D eigenvalue weighted by Gasteiger charge is 2.56. The number of rotatable bonds is 3. The highest BCUT2D eigenvalue weighted by atomic mass is 16.6. The van der Waals surface area contributed by atoms with Crippen molar-refractivity contribution in [2.24, 2.45) is 17.8 Å². The molecule has 2 amide bonds. The summed E-state index contributed by atoms with van der Waals surface area (Å²) in [5.74, 6) is 2.01. The lowest BCUT2D eigenvalue weighted by molar-refractivity contribution is -0.134. The Labute approximate surface area is 138 Å². The van der Waals surface area contributed by atoms with E-state index < -0.39 is 0 Å². The van der Waals surface area contributed by atoms with Crippen LogP contribution < -0.4 is 5.32 Å². The Bertz CT molecular complexity index is 488. The highest BCUT2D eigenvalue weighted by Crippen LogP contribution is 2.46. The number of nitrogens with one attached hydrogen (secondary N) is 1. The molecule has 0 bridgehead atoms. The second kappa shape index (κ2) is 5.67. The second-order valence-corrected chi connectivity index (χ2v) is 8.28. The predicted molar refractivity (Wildman–Crippen MR) is 85.8 cm³/mol. The van der Waals surface area contributed by atoms with Crippen molar-refractivity contribution in [3.8, 4) is 0 Å². The lowest BCUT2D eigenvalue weighted by atomic mass is 9.66. The number of cyclic esters (lactones) is 1. The van der Waals surface area contributed by atoms with Gasteiger partial charge in [-0.3, -0.25) is 4.79 Å². The molecule has 1 spiro atoms. The first-order chi connectivity index (χ1) is 11.1. The van der Waals surface area contributed by atoms with Crippen molar-refractivity contribution in [1.29, 1.82) is 0 Å². The van der Waals surface area contributed by atoms with Crippen molar-refractivity contribution in [1.82, 2.24) is 10.2 Å². The molecule has 1 N–H and O–H groups in total. The maximum atomic E-state index is 12.4. The predicted octanol–water partition coefficient (Wildman–Crippen LogP) is 2.69. The molecule has 0 aromatic rings. The van der Waals surface area contributed by atoms with Gasteiger partial charge in [0.1, 0.15) is 6.61 Å². The quantitative estimate of drug-likeness (QED) is 0.870. The first-order valence-corrected chi connectivity index (χ1v) is 9.28. The van der Waals surface area contributed by atoms with Crippen molar-refractivity contribution in [2.45, 2.75) is 69.4 Å². The number of hydrogen-bond donors (Lipinski definition) is 1. The summed E-state index contributed by atoms with van der Waals surface area (Å²) in [6.07, 6.45) is 10.6. The van der Waals surface area contributed by atoms with Gasteiger partial charge in [0.25, 0.3) is 0 Å². The maximum absolute atomic E-state index is 12.4. The van der Waals surface area contributed by atoms with Gasteiger partial charge < -0.3 is 15.0 Å². The van der Waals surface area contributed by atoms with Gasteiger partial charge in [0.2, 0.25) is 5.91 Å². The van der Waals surface area contributed by atoms with E-state index in [0.29, 0.717) is 12.6 Å². The van der Waals surface area contributed by atoms with E-state index in [1.807, 2.05) is 0 Å². The third kappa shape index (κ3) is 2.62. The van der Waals surface area contributed by atoms with Gasteiger partial charge >= 0.3 is 6.09 Å². The first-order valence-electron chi connectivity index (χ1n) is 9.28. The fraction of sp³-hybridized carbons (Fsp3) is 0.889. The molecule has 0 radical (unpaired) electrons. The number of amides is 2. The molecule has 4 aliphatic rings. The zero-order valence-corrected chi connectivity index (χ0v) is 14.1. The van der Waals surface area contributed by atoms with Crippen LogP contribution in [0.5, 0.6) is 0 Å². The molecule has 4 fully saturated rings. The van der Waals surface area contributed by atoms with Gasteiger partial charge in [-0.2, -0.15) is 0 Å². The van der Waals surface area contributed by atoms with Crippen LogP contribution in [0.2, 0.25) is 0 Å². The molecule has 128 valence electrons. The van der Waals surface area contributed by atoms with E-state index in [0.717, 1.165) is 24.7 Å². The van der Waals surface area contributed by atoms with Gasteiger partial charge in [0, 0.05) is 19.0 Å². The summed E-state index contributed by atoms with van der Waals surface area (Å²) in [5.41, 5.74) is -0.205.